The molecule has 4 heteroatoms. The maximum absolute atomic E-state index is 5.06. The molecule has 0 radical (unpaired) electrons. The molecular weight excluding hydrogens is 286 g/mol. The fourth-order valence-electron chi connectivity index (χ4n) is 2.91. The first-order valence-electron chi connectivity index (χ1n) is 7.43. The summed E-state index contributed by atoms with van der Waals surface area (Å²) < 4.78 is 5.06. The summed E-state index contributed by atoms with van der Waals surface area (Å²) >= 11 is 0. The third-order valence-corrected chi connectivity index (χ3v) is 3.86. The van der Waals surface area contributed by atoms with Gasteiger partial charge in [0.15, 0.2) is 6.39 Å². The predicted octanol–water partition coefficient (Wildman–Crippen LogP) is 4.57. The Hall–Kier alpha value is -3.01. The van der Waals surface area contributed by atoms with E-state index in [0.29, 0.717) is 0 Å². The van der Waals surface area contributed by atoms with Crippen LogP contribution in [0.5, 0.6) is 0 Å². The van der Waals surface area contributed by atoms with Gasteiger partial charge in [-0.05, 0) is 38.1 Å². The van der Waals surface area contributed by atoms with E-state index in [1.54, 1.807) is 12.6 Å². The highest BCUT2D eigenvalue weighted by Gasteiger charge is 2.09. The predicted molar refractivity (Wildman–Crippen MR) is 89.9 cm³/mol. The number of rotatable bonds is 2. The number of hydrogen-bond acceptors (Lipinski definition) is 4. The largest absolute Gasteiger partial charge is 0.451 e. The van der Waals surface area contributed by atoms with Gasteiger partial charge in [-0.2, -0.15) is 0 Å². The Balaban J connectivity index is 1.91. The van der Waals surface area contributed by atoms with Gasteiger partial charge in [-0.1, -0.05) is 23.3 Å². The van der Waals surface area contributed by atoms with E-state index in [4.69, 9.17) is 4.42 Å². The zero-order chi connectivity index (χ0) is 15.8. The second kappa shape index (κ2) is 5.32. The van der Waals surface area contributed by atoms with E-state index in [2.05, 4.69) is 47.0 Å². The molecule has 0 aliphatic carbocycles. The van der Waals surface area contributed by atoms with Gasteiger partial charge < -0.3 is 4.42 Å². The highest BCUT2D eigenvalue weighted by Crippen LogP contribution is 2.29. The molecule has 0 bridgehead atoms. The van der Waals surface area contributed by atoms with Crippen LogP contribution in [0.1, 0.15) is 11.1 Å². The van der Waals surface area contributed by atoms with E-state index in [-0.39, 0.29) is 0 Å². The average molecular weight is 301 g/mol. The van der Waals surface area contributed by atoms with Crippen LogP contribution in [-0.2, 0) is 0 Å². The summed E-state index contributed by atoms with van der Waals surface area (Å²) in [4.78, 5) is 13.1. The molecule has 112 valence electrons. The Morgan fingerprint density at radius 2 is 1.65 bits per heavy atom. The van der Waals surface area contributed by atoms with Crippen LogP contribution in [0.25, 0.3) is 33.4 Å². The van der Waals surface area contributed by atoms with Gasteiger partial charge in [0.05, 0.1) is 11.2 Å². The molecule has 0 saturated heterocycles. The fourth-order valence-corrected chi connectivity index (χ4v) is 2.91. The minimum atomic E-state index is 0.804. The number of aromatic nitrogens is 3. The second-order valence-corrected chi connectivity index (χ2v) is 5.70. The summed E-state index contributed by atoms with van der Waals surface area (Å²) in [7, 11) is 0. The van der Waals surface area contributed by atoms with E-state index in [9.17, 15) is 0 Å². The summed E-state index contributed by atoms with van der Waals surface area (Å²) in [6.45, 7) is 4.20. The van der Waals surface area contributed by atoms with Crippen molar-refractivity contribution in [2.75, 3.05) is 0 Å². The van der Waals surface area contributed by atoms with Crippen molar-refractivity contribution in [1.29, 1.82) is 0 Å². The van der Waals surface area contributed by atoms with E-state index < -0.39 is 0 Å². The number of aryl methyl sites for hydroxylation is 2. The number of hydrogen-bond donors (Lipinski definition) is 0. The fraction of sp³-hybridized carbons (Fsp3) is 0.105. The Kier molecular flexibility index (Phi) is 3.15. The zero-order valence-electron chi connectivity index (χ0n) is 12.9. The van der Waals surface area contributed by atoms with Gasteiger partial charge in [0.1, 0.15) is 18.3 Å². The molecule has 0 aliphatic rings. The monoisotopic (exact) mass is 301 g/mol. The van der Waals surface area contributed by atoms with Gasteiger partial charge in [0, 0.05) is 16.5 Å². The van der Waals surface area contributed by atoms with Crippen molar-refractivity contribution < 1.29 is 4.42 Å². The van der Waals surface area contributed by atoms with Gasteiger partial charge in [-0.25, -0.2) is 15.0 Å². The maximum Gasteiger partial charge on any atom is 0.181 e. The van der Waals surface area contributed by atoms with Crippen LogP contribution in [0.15, 0.2) is 59.8 Å². The van der Waals surface area contributed by atoms with Crippen molar-refractivity contribution in [3.05, 3.63) is 66.5 Å². The van der Waals surface area contributed by atoms with Crippen LogP contribution < -0.4 is 0 Å². The lowest BCUT2D eigenvalue weighted by atomic mass is 10.0. The Morgan fingerprint density at radius 3 is 2.39 bits per heavy atom. The zero-order valence-corrected chi connectivity index (χ0v) is 12.9. The standard InChI is InChI=1S/C19H15N3O/c1-12-5-13(2)7-15(6-12)19-16-4-3-14(18-9-23-11-22-18)8-17(16)20-10-21-19/h3-11H,1-2H3. The molecule has 2 aromatic carbocycles. The van der Waals surface area contributed by atoms with Crippen molar-refractivity contribution >= 4 is 10.9 Å². The molecule has 4 aromatic rings. The molecule has 23 heavy (non-hydrogen) atoms. The van der Waals surface area contributed by atoms with Crippen molar-refractivity contribution in [2.45, 2.75) is 13.8 Å². The molecule has 0 unspecified atom stereocenters. The van der Waals surface area contributed by atoms with Crippen molar-refractivity contribution in [3.63, 3.8) is 0 Å². The van der Waals surface area contributed by atoms with Crippen LogP contribution >= 0.6 is 0 Å². The summed E-state index contributed by atoms with van der Waals surface area (Å²) in [6.07, 6.45) is 4.68. The molecule has 0 atom stereocenters. The molecule has 0 spiro atoms. The first-order chi connectivity index (χ1) is 11.2. The summed E-state index contributed by atoms with van der Waals surface area (Å²) in [5.74, 6) is 0. The smallest absolute Gasteiger partial charge is 0.181 e. The average Bonchev–Trinajstić information content (AvgIpc) is 3.07. The first kappa shape index (κ1) is 13.6. The topological polar surface area (TPSA) is 51.8 Å². The highest BCUT2D eigenvalue weighted by atomic mass is 16.3. The molecule has 0 N–H and O–H groups in total. The number of nitrogens with zero attached hydrogens (tertiary/aromatic N) is 3. The molecule has 0 amide bonds. The SMILES string of the molecule is Cc1cc(C)cc(-c2ncnc3cc(-c4cocn4)ccc23)c1. The van der Waals surface area contributed by atoms with E-state index in [0.717, 1.165) is 33.4 Å². The molecule has 0 aliphatic heterocycles. The van der Waals surface area contributed by atoms with Crippen LogP contribution in [0.2, 0.25) is 0 Å². The molecule has 2 aromatic heterocycles. The lowest BCUT2D eigenvalue weighted by Gasteiger charge is -2.08. The van der Waals surface area contributed by atoms with Gasteiger partial charge in [-0.15, -0.1) is 0 Å². The van der Waals surface area contributed by atoms with Crippen molar-refractivity contribution in [1.82, 2.24) is 15.0 Å². The van der Waals surface area contributed by atoms with Gasteiger partial charge in [0.2, 0.25) is 0 Å². The summed E-state index contributed by atoms with van der Waals surface area (Å²) in [5.41, 5.74) is 7.21. The molecule has 4 nitrogen and oxygen atoms in total. The highest BCUT2D eigenvalue weighted by molar-refractivity contribution is 5.94. The summed E-state index contributed by atoms with van der Waals surface area (Å²) in [5, 5.41) is 1.03. The third-order valence-electron chi connectivity index (χ3n) is 3.86. The lowest BCUT2D eigenvalue weighted by Crippen LogP contribution is -1.91. The number of fused-ring (bicyclic) bond motifs is 1. The minimum Gasteiger partial charge on any atom is -0.451 e. The maximum atomic E-state index is 5.06. The molecule has 2 heterocycles. The van der Waals surface area contributed by atoms with Gasteiger partial charge in [-0.3, -0.25) is 0 Å². The van der Waals surface area contributed by atoms with Crippen molar-refractivity contribution in [3.8, 4) is 22.5 Å². The van der Waals surface area contributed by atoms with Gasteiger partial charge in [0.25, 0.3) is 0 Å². The Morgan fingerprint density at radius 1 is 0.826 bits per heavy atom. The molecule has 0 fully saturated rings. The number of benzene rings is 2. The first-order valence-corrected chi connectivity index (χ1v) is 7.43. The van der Waals surface area contributed by atoms with E-state index >= 15 is 0 Å². The van der Waals surface area contributed by atoms with E-state index in [1.165, 1.54) is 17.5 Å². The van der Waals surface area contributed by atoms with Crippen molar-refractivity contribution in [2.24, 2.45) is 0 Å². The molecule has 0 saturated carbocycles. The molecule has 4 rings (SSSR count). The Labute approximate surface area is 133 Å². The minimum absolute atomic E-state index is 0.804. The quantitative estimate of drug-likeness (QED) is 0.544. The summed E-state index contributed by atoms with van der Waals surface area (Å²) in [6, 6.07) is 12.6. The second-order valence-electron chi connectivity index (χ2n) is 5.70. The third kappa shape index (κ3) is 2.48. The van der Waals surface area contributed by atoms with Crippen LogP contribution in [-0.4, -0.2) is 15.0 Å². The van der Waals surface area contributed by atoms with Crippen LogP contribution in [0.4, 0.5) is 0 Å². The number of oxazole rings is 1. The van der Waals surface area contributed by atoms with Gasteiger partial charge >= 0.3 is 0 Å². The van der Waals surface area contributed by atoms with Crippen LogP contribution in [0, 0.1) is 13.8 Å². The molecular formula is C19H15N3O. The normalized spacial score (nSPS) is 11.0. The lowest BCUT2D eigenvalue weighted by molar-refractivity contribution is 0.558. The van der Waals surface area contributed by atoms with Crippen LogP contribution in [0.3, 0.4) is 0 Å². The van der Waals surface area contributed by atoms with E-state index in [1.807, 2.05) is 18.2 Å². The Bertz CT molecular complexity index is 971.